The van der Waals surface area contributed by atoms with E-state index in [0.717, 1.165) is 16.8 Å². The molecule has 4 rings (SSSR count). The number of aromatic nitrogens is 4. The molecule has 120 valence electrons. The SMILES string of the molecule is Clc1cccc(C2C=C(c3ccc(Cl)cc3Cl)Nc3nnnn32)c1. The highest BCUT2D eigenvalue weighted by atomic mass is 35.5. The summed E-state index contributed by atoms with van der Waals surface area (Å²) in [5, 5.41) is 16.8. The number of tetrazole rings is 1. The molecule has 24 heavy (non-hydrogen) atoms. The summed E-state index contributed by atoms with van der Waals surface area (Å²) in [6, 6.07) is 12.7. The largest absolute Gasteiger partial charge is 0.323 e. The number of allylic oxidation sites excluding steroid dienone is 1. The Bertz CT molecular complexity index is 950. The lowest BCUT2D eigenvalue weighted by atomic mass is 10.0. The fourth-order valence-electron chi connectivity index (χ4n) is 2.65. The van der Waals surface area contributed by atoms with Crippen LogP contribution in [0.2, 0.25) is 15.1 Å². The highest BCUT2D eigenvalue weighted by molar-refractivity contribution is 6.35. The maximum Gasteiger partial charge on any atom is 0.248 e. The average molecular weight is 379 g/mol. The Morgan fingerprint density at radius 3 is 2.62 bits per heavy atom. The number of anilines is 1. The van der Waals surface area contributed by atoms with E-state index < -0.39 is 0 Å². The van der Waals surface area contributed by atoms with Crippen LogP contribution in [0.3, 0.4) is 0 Å². The number of benzene rings is 2. The molecule has 1 atom stereocenters. The van der Waals surface area contributed by atoms with Gasteiger partial charge < -0.3 is 5.32 Å². The van der Waals surface area contributed by atoms with Gasteiger partial charge in [0.15, 0.2) is 0 Å². The van der Waals surface area contributed by atoms with E-state index in [-0.39, 0.29) is 6.04 Å². The average Bonchev–Trinajstić information content (AvgIpc) is 3.02. The predicted octanol–water partition coefficient (Wildman–Crippen LogP) is 4.69. The van der Waals surface area contributed by atoms with Gasteiger partial charge in [0, 0.05) is 21.3 Å². The van der Waals surface area contributed by atoms with Gasteiger partial charge in [-0.3, -0.25) is 0 Å². The first-order valence-corrected chi connectivity index (χ1v) is 8.23. The van der Waals surface area contributed by atoms with E-state index in [9.17, 15) is 0 Å². The van der Waals surface area contributed by atoms with Gasteiger partial charge >= 0.3 is 0 Å². The molecule has 0 radical (unpaired) electrons. The van der Waals surface area contributed by atoms with Crippen molar-refractivity contribution in [1.82, 2.24) is 20.2 Å². The third kappa shape index (κ3) is 2.75. The first-order valence-electron chi connectivity index (χ1n) is 7.09. The molecule has 1 N–H and O–H groups in total. The van der Waals surface area contributed by atoms with Gasteiger partial charge in [-0.15, -0.1) is 0 Å². The Morgan fingerprint density at radius 2 is 1.83 bits per heavy atom. The second-order valence-electron chi connectivity index (χ2n) is 5.28. The van der Waals surface area contributed by atoms with E-state index in [1.165, 1.54) is 0 Å². The number of fused-ring (bicyclic) bond motifs is 1. The summed E-state index contributed by atoms with van der Waals surface area (Å²) in [5.74, 6) is 0.531. The van der Waals surface area contributed by atoms with Gasteiger partial charge in [0.05, 0.1) is 5.02 Å². The predicted molar refractivity (Wildman–Crippen MR) is 95.5 cm³/mol. The van der Waals surface area contributed by atoms with Crippen molar-refractivity contribution in [1.29, 1.82) is 0 Å². The minimum Gasteiger partial charge on any atom is -0.323 e. The van der Waals surface area contributed by atoms with Crippen LogP contribution < -0.4 is 5.32 Å². The van der Waals surface area contributed by atoms with Gasteiger partial charge in [0.1, 0.15) is 6.04 Å². The summed E-state index contributed by atoms with van der Waals surface area (Å²) < 4.78 is 1.69. The summed E-state index contributed by atoms with van der Waals surface area (Å²) in [7, 11) is 0. The highest BCUT2D eigenvalue weighted by Crippen LogP contribution is 2.35. The second kappa shape index (κ2) is 6.09. The quantitative estimate of drug-likeness (QED) is 0.703. The molecular formula is C16H10Cl3N5. The lowest BCUT2D eigenvalue weighted by Gasteiger charge is -2.24. The molecular weight excluding hydrogens is 369 g/mol. The van der Waals surface area contributed by atoms with Crippen LogP contribution in [0.25, 0.3) is 5.70 Å². The normalized spacial score (nSPS) is 16.3. The topological polar surface area (TPSA) is 55.6 Å². The first kappa shape index (κ1) is 15.4. The second-order valence-corrected chi connectivity index (χ2v) is 6.56. The van der Waals surface area contributed by atoms with Gasteiger partial charge in [-0.05, 0) is 52.4 Å². The zero-order valence-electron chi connectivity index (χ0n) is 12.1. The molecule has 0 bridgehead atoms. The molecule has 1 aliphatic rings. The number of halogens is 3. The van der Waals surface area contributed by atoms with E-state index in [1.54, 1.807) is 16.8 Å². The summed E-state index contributed by atoms with van der Waals surface area (Å²) in [6.07, 6.45) is 2.00. The van der Waals surface area contributed by atoms with Crippen molar-refractivity contribution in [3.63, 3.8) is 0 Å². The van der Waals surface area contributed by atoms with Gasteiger partial charge in [-0.1, -0.05) is 52.0 Å². The molecule has 2 aromatic carbocycles. The minimum absolute atomic E-state index is 0.198. The maximum absolute atomic E-state index is 6.34. The lowest BCUT2D eigenvalue weighted by Crippen LogP contribution is -2.20. The maximum atomic E-state index is 6.34. The van der Waals surface area contributed by atoms with Crippen molar-refractivity contribution in [2.24, 2.45) is 0 Å². The fourth-order valence-corrected chi connectivity index (χ4v) is 3.36. The van der Waals surface area contributed by atoms with Crippen molar-refractivity contribution >= 4 is 46.4 Å². The molecule has 0 amide bonds. The third-order valence-electron chi connectivity index (χ3n) is 3.74. The number of rotatable bonds is 2. The van der Waals surface area contributed by atoms with Crippen LogP contribution >= 0.6 is 34.8 Å². The highest BCUT2D eigenvalue weighted by Gasteiger charge is 2.25. The molecule has 8 heteroatoms. The molecule has 1 unspecified atom stereocenters. The van der Waals surface area contributed by atoms with E-state index in [4.69, 9.17) is 34.8 Å². The van der Waals surface area contributed by atoms with Crippen LogP contribution in [0.5, 0.6) is 0 Å². The van der Waals surface area contributed by atoms with Crippen LogP contribution in [0.15, 0.2) is 48.5 Å². The van der Waals surface area contributed by atoms with Crippen molar-refractivity contribution in [2.75, 3.05) is 5.32 Å². The number of nitrogens with one attached hydrogen (secondary N) is 1. The Kier molecular flexibility index (Phi) is 3.92. The van der Waals surface area contributed by atoms with E-state index >= 15 is 0 Å². The minimum atomic E-state index is -0.198. The molecule has 1 aliphatic heterocycles. The standard InChI is InChI=1S/C16H10Cl3N5/c17-10-3-1-2-9(6-10)15-8-14(20-16-21-22-23-24(15)16)12-5-4-11(18)7-13(12)19/h1-8,15H,(H,20,21,23). The monoisotopic (exact) mass is 377 g/mol. The Labute approximate surface area is 152 Å². The zero-order chi connectivity index (χ0) is 16.7. The van der Waals surface area contributed by atoms with Crippen molar-refractivity contribution < 1.29 is 0 Å². The van der Waals surface area contributed by atoms with Gasteiger partial charge in [0.25, 0.3) is 0 Å². The number of nitrogens with zero attached hydrogens (tertiary/aromatic N) is 4. The molecule has 1 aromatic heterocycles. The summed E-state index contributed by atoms with van der Waals surface area (Å²) in [5.41, 5.74) is 2.60. The molecule has 0 fully saturated rings. The van der Waals surface area contributed by atoms with Crippen molar-refractivity contribution in [2.45, 2.75) is 6.04 Å². The summed E-state index contributed by atoms with van der Waals surface area (Å²) in [6.45, 7) is 0. The van der Waals surface area contributed by atoms with Gasteiger partial charge in [0.2, 0.25) is 5.95 Å². The molecule has 2 heterocycles. The number of hydrogen-bond acceptors (Lipinski definition) is 4. The van der Waals surface area contributed by atoms with Gasteiger partial charge in [-0.2, -0.15) is 4.68 Å². The molecule has 0 saturated heterocycles. The van der Waals surface area contributed by atoms with Crippen LogP contribution in [-0.2, 0) is 0 Å². The molecule has 5 nitrogen and oxygen atoms in total. The van der Waals surface area contributed by atoms with Crippen molar-refractivity contribution in [3.05, 3.63) is 74.7 Å². The lowest BCUT2D eigenvalue weighted by molar-refractivity contribution is 0.586. The smallest absolute Gasteiger partial charge is 0.248 e. The van der Waals surface area contributed by atoms with E-state index in [2.05, 4.69) is 20.8 Å². The first-order chi connectivity index (χ1) is 11.6. The van der Waals surface area contributed by atoms with Crippen LogP contribution in [0.1, 0.15) is 17.2 Å². The fraction of sp³-hybridized carbons (Fsp3) is 0.0625. The Hall–Kier alpha value is -2.08. The van der Waals surface area contributed by atoms with E-state index in [0.29, 0.717) is 21.0 Å². The van der Waals surface area contributed by atoms with Crippen LogP contribution in [0.4, 0.5) is 5.95 Å². The van der Waals surface area contributed by atoms with Crippen LogP contribution in [-0.4, -0.2) is 20.2 Å². The number of hydrogen-bond donors (Lipinski definition) is 1. The third-order valence-corrected chi connectivity index (χ3v) is 4.52. The summed E-state index contributed by atoms with van der Waals surface area (Å²) in [4.78, 5) is 0. The Balaban J connectivity index is 1.84. The summed E-state index contributed by atoms with van der Waals surface area (Å²) >= 11 is 18.5. The molecule has 3 aromatic rings. The van der Waals surface area contributed by atoms with Gasteiger partial charge in [-0.25, -0.2) is 0 Å². The van der Waals surface area contributed by atoms with Crippen LogP contribution in [0, 0.1) is 0 Å². The molecule has 0 aliphatic carbocycles. The van der Waals surface area contributed by atoms with E-state index in [1.807, 2.05) is 36.4 Å². The van der Waals surface area contributed by atoms with Crippen molar-refractivity contribution in [3.8, 4) is 0 Å². The Morgan fingerprint density at radius 1 is 1.00 bits per heavy atom. The molecule has 0 spiro atoms. The molecule has 0 saturated carbocycles. The zero-order valence-corrected chi connectivity index (χ0v) is 14.4.